The van der Waals surface area contributed by atoms with Gasteiger partial charge in [-0.25, -0.2) is 4.68 Å². The van der Waals surface area contributed by atoms with Crippen LogP contribution in [-0.2, 0) is 0 Å². The number of rotatable bonds is 7. The van der Waals surface area contributed by atoms with Gasteiger partial charge < -0.3 is 9.73 Å². The monoisotopic (exact) mass is 400 g/mol. The molecule has 4 aromatic rings. The van der Waals surface area contributed by atoms with Crippen LogP contribution >= 0.6 is 0 Å². The first-order valence-corrected chi connectivity index (χ1v) is 9.82. The molecule has 6 nitrogen and oxygen atoms in total. The zero-order valence-electron chi connectivity index (χ0n) is 17.0. The van der Waals surface area contributed by atoms with Crippen LogP contribution in [0.5, 0.6) is 0 Å². The van der Waals surface area contributed by atoms with E-state index < -0.39 is 0 Å². The summed E-state index contributed by atoms with van der Waals surface area (Å²) in [5, 5.41) is 7.75. The molecular formula is C24H24N4O2. The Kier molecular flexibility index (Phi) is 5.77. The maximum absolute atomic E-state index is 13.2. The second-order valence-corrected chi connectivity index (χ2v) is 7.23. The van der Waals surface area contributed by atoms with Gasteiger partial charge in [-0.1, -0.05) is 48.5 Å². The highest BCUT2D eigenvalue weighted by molar-refractivity contribution is 5.94. The number of likely N-dealkylation sites (N-methyl/N-ethyl adjacent to an activating group) is 1. The van der Waals surface area contributed by atoms with Gasteiger partial charge in [0.2, 0.25) is 0 Å². The van der Waals surface area contributed by atoms with E-state index in [-0.39, 0.29) is 11.9 Å². The standard InChI is InChI=1S/C24H24N4O2/c1-27(2)22(23-14-9-15-30-23)17-25-24(29)21-16-20(18-10-5-3-6-11-18)26-28(21)19-12-7-4-8-13-19/h3-16,22H,17H2,1-2H3,(H,25,29). The molecule has 0 aliphatic carbocycles. The molecule has 6 heteroatoms. The fourth-order valence-electron chi connectivity index (χ4n) is 3.36. The number of benzene rings is 2. The topological polar surface area (TPSA) is 63.3 Å². The van der Waals surface area contributed by atoms with Crippen molar-refractivity contribution in [2.24, 2.45) is 0 Å². The normalized spacial score (nSPS) is 12.1. The maximum atomic E-state index is 13.2. The second-order valence-electron chi connectivity index (χ2n) is 7.23. The van der Waals surface area contributed by atoms with Gasteiger partial charge in [-0.05, 0) is 44.4 Å². The van der Waals surface area contributed by atoms with Crippen LogP contribution < -0.4 is 5.32 Å². The molecule has 2 heterocycles. The van der Waals surface area contributed by atoms with E-state index in [9.17, 15) is 4.79 Å². The number of carbonyl (C=O) groups is 1. The Bertz CT molecular complexity index is 1090. The second kappa shape index (κ2) is 8.80. The van der Waals surface area contributed by atoms with Crippen molar-refractivity contribution in [1.82, 2.24) is 20.0 Å². The number of carbonyl (C=O) groups excluding carboxylic acids is 1. The summed E-state index contributed by atoms with van der Waals surface area (Å²) >= 11 is 0. The predicted octanol–water partition coefficient (Wildman–Crippen LogP) is 4.17. The van der Waals surface area contributed by atoms with Crippen molar-refractivity contribution in [3.05, 3.63) is 96.6 Å². The molecule has 2 aromatic carbocycles. The number of aromatic nitrogens is 2. The van der Waals surface area contributed by atoms with Crippen molar-refractivity contribution >= 4 is 5.91 Å². The Morgan fingerprint density at radius 3 is 2.37 bits per heavy atom. The molecule has 0 aliphatic rings. The molecule has 0 spiro atoms. The van der Waals surface area contributed by atoms with Crippen LogP contribution in [0.4, 0.5) is 0 Å². The van der Waals surface area contributed by atoms with Crippen molar-refractivity contribution in [3.8, 4) is 16.9 Å². The van der Waals surface area contributed by atoms with Crippen molar-refractivity contribution in [2.45, 2.75) is 6.04 Å². The minimum absolute atomic E-state index is 0.0642. The predicted molar refractivity (Wildman–Crippen MR) is 116 cm³/mol. The molecule has 0 radical (unpaired) electrons. The van der Waals surface area contributed by atoms with E-state index >= 15 is 0 Å². The van der Waals surface area contributed by atoms with Gasteiger partial charge in [0.1, 0.15) is 11.5 Å². The van der Waals surface area contributed by atoms with Crippen LogP contribution in [-0.4, -0.2) is 41.2 Å². The molecular weight excluding hydrogens is 376 g/mol. The third-order valence-electron chi connectivity index (χ3n) is 4.96. The van der Waals surface area contributed by atoms with Crippen LogP contribution in [0.1, 0.15) is 22.3 Å². The molecule has 0 saturated heterocycles. The third kappa shape index (κ3) is 4.18. The number of nitrogens with zero attached hydrogens (tertiary/aromatic N) is 3. The van der Waals surface area contributed by atoms with Crippen LogP contribution in [0.2, 0.25) is 0 Å². The summed E-state index contributed by atoms with van der Waals surface area (Å²) in [4.78, 5) is 15.2. The highest BCUT2D eigenvalue weighted by Gasteiger charge is 2.21. The van der Waals surface area contributed by atoms with Gasteiger partial charge in [0, 0.05) is 12.1 Å². The molecule has 4 rings (SSSR count). The average molecular weight is 400 g/mol. The quantitative estimate of drug-likeness (QED) is 0.506. The number of hydrogen-bond acceptors (Lipinski definition) is 4. The minimum atomic E-state index is -0.188. The number of amides is 1. The molecule has 0 bridgehead atoms. The molecule has 1 amide bonds. The lowest BCUT2D eigenvalue weighted by atomic mass is 10.1. The average Bonchev–Trinajstić information content (AvgIpc) is 3.45. The zero-order chi connectivity index (χ0) is 20.9. The van der Waals surface area contributed by atoms with Crippen LogP contribution in [0, 0.1) is 0 Å². The Morgan fingerprint density at radius 2 is 1.73 bits per heavy atom. The molecule has 1 N–H and O–H groups in total. The van der Waals surface area contributed by atoms with Crippen molar-refractivity contribution < 1.29 is 9.21 Å². The van der Waals surface area contributed by atoms with Gasteiger partial charge >= 0.3 is 0 Å². The lowest BCUT2D eigenvalue weighted by molar-refractivity contribution is 0.0931. The van der Waals surface area contributed by atoms with E-state index in [0.717, 1.165) is 22.7 Å². The highest BCUT2D eigenvalue weighted by Crippen LogP contribution is 2.22. The summed E-state index contributed by atoms with van der Waals surface area (Å²) in [5.41, 5.74) is 3.03. The Balaban J connectivity index is 1.63. The first-order valence-electron chi connectivity index (χ1n) is 9.82. The molecule has 152 valence electrons. The smallest absolute Gasteiger partial charge is 0.270 e. The number of nitrogens with one attached hydrogen (secondary N) is 1. The van der Waals surface area contributed by atoms with Crippen molar-refractivity contribution in [1.29, 1.82) is 0 Å². The first-order chi connectivity index (χ1) is 14.6. The van der Waals surface area contributed by atoms with E-state index in [0.29, 0.717) is 12.2 Å². The number of furan rings is 1. The highest BCUT2D eigenvalue weighted by atomic mass is 16.3. The first kappa shape index (κ1) is 19.7. The van der Waals surface area contributed by atoms with E-state index in [4.69, 9.17) is 9.52 Å². The molecule has 0 aliphatic heterocycles. The fraction of sp³-hybridized carbons (Fsp3) is 0.167. The minimum Gasteiger partial charge on any atom is -0.468 e. The van der Waals surface area contributed by atoms with E-state index in [1.54, 1.807) is 10.9 Å². The van der Waals surface area contributed by atoms with Crippen LogP contribution in [0.25, 0.3) is 16.9 Å². The van der Waals surface area contributed by atoms with Gasteiger partial charge in [0.05, 0.1) is 23.7 Å². The van der Waals surface area contributed by atoms with E-state index in [1.807, 2.05) is 97.9 Å². The summed E-state index contributed by atoms with van der Waals surface area (Å²) in [7, 11) is 3.92. The Hall–Kier alpha value is -3.64. The third-order valence-corrected chi connectivity index (χ3v) is 4.96. The Morgan fingerprint density at radius 1 is 1.03 bits per heavy atom. The number of hydrogen-bond donors (Lipinski definition) is 1. The maximum Gasteiger partial charge on any atom is 0.270 e. The van der Waals surface area contributed by atoms with Gasteiger partial charge in [0.25, 0.3) is 5.91 Å². The largest absolute Gasteiger partial charge is 0.468 e. The molecule has 1 unspecified atom stereocenters. The van der Waals surface area contributed by atoms with E-state index in [2.05, 4.69) is 5.32 Å². The van der Waals surface area contributed by atoms with Gasteiger partial charge in [-0.2, -0.15) is 5.10 Å². The summed E-state index contributed by atoms with van der Waals surface area (Å²) in [6.45, 7) is 0.417. The van der Waals surface area contributed by atoms with Crippen molar-refractivity contribution in [3.63, 3.8) is 0 Å². The van der Waals surface area contributed by atoms with Crippen molar-refractivity contribution in [2.75, 3.05) is 20.6 Å². The van der Waals surface area contributed by atoms with Crippen LogP contribution in [0.3, 0.4) is 0 Å². The summed E-state index contributed by atoms with van der Waals surface area (Å²) < 4.78 is 7.23. The Labute approximate surface area is 175 Å². The van der Waals surface area contributed by atoms with Crippen LogP contribution in [0.15, 0.2) is 89.5 Å². The zero-order valence-corrected chi connectivity index (χ0v) is 17.0. The van der Waals surface area contributed by atoms with Gasteiger partial charge in [-0.3, -0.25) is 9.69 Å². The fourth-order valence-corrected chi connectivity index (χ4v) is 3.36. The lowest BCUT2D eigenvalue weighted by Crippen LogP contribution is -2.35. The summed E-state index contributed by atoms with van der Waals surface area (Å²) in [6, 6.07) is 25.0. The van der Waals surface area contributed by atoms with Gasteiger partial charge in [0.15, 0.2) is 0 Å². The van der Waals surface area contributed by atoms with Gasteiger partial charge in [-0.15, -0.1) is 0 Å². The molecule has 1 atom stereocenters. The molecule has 0 fully saturated rings. The SMILES string of the molecule is CN(C)C(CNC(=O)c1cc(-c2ccccc2)nn1-c1ccccc1)c1ccco1. The molecule has 0 saturated carbocycles. The summed E-state index contributed by atoms with van der Waals surface area (Å²) in [5.74, 6) is 0.619. The number of para-hydroxylation sites is 1. The molecule has 2 aromatic heterocycles. The van der Waals surface area contributed by atoms with E-state index in [1.165, 1.54) is 0 Å². The lowest BCUT2D eigenvalue weighted by Gasteiger charge is -2.22. The summed E-state index contributed by atoms with van der Waals surface area (Å²) in [6.07, 6.45) is 1.64. The molecule has 30 heavy (non-hydrogen) atoms.